The number of benzene rings is 1. The quantitative estimate of drug-likeness (QED) is 0.804. The minimum Gasteiger partial charge on any atom is -0.491 e. The molecular weight excluding hydrogens is 258 g/mol. The van der Waals surface area contributed by atoms with Crippen LogP contribution >= 0.6 is 0 Å². The Morgan fingerprint density at radius 3 is 2.60 bits per heavy atom. The second-order valence-corrected chi connectivity index (χ2v) is 5.00. The average molecular weight is 279 g/mol. The van der Waals surface area contributed by atoms with Crippen molar-refractivity contribution >= 4 is 11.9 Å². The molecule has 110 valence electrons. The van der Waals surface area contributed by atoms with Crippen molar-refractivity contribution in [3.8, 4) is 5.75 Å². The Hall–Kier alpha value is -2.04. The van der Waals surface area contributed by atoms with Gasteiger partial charge in [0.2, 0.25) is 0 Å². The van der Waals surface area contributed by atoms with Crippen molar-refractivity contribution in [3.05, 3.63) is 29.8 Å². The molecule has 0 aliphatic heterocycles. The van der Waals surface area contributed by atoms with Crippen molar-refractivity contribution in [2.45, 2.75) is 45.8 Å². The number of nitrogens with one attached hydrogen (secondary N) is 1. The van der Waals surface area contributed by atoms with Crippen LogP contribution in [-0.4, -0.2) is 29.1 Å². The van der Waals surface area contributed by atoms with Crippen LogP contribution in [0, 0.1) is 0 Å². The van der Waals surface area contributed by atoms with Crippen LogP contribution in [0.2, 0.25) is 0 Å². The summed E-state index contributed by atoms with van der Waals surface area (Å²) in [4.78, 5) is 22.5. The van der Waals surface area contributed by atoms with Crippen molar-refractivity contribution < 1.29 is 19.4 Å². The van der Waals surface area contributed by atoms with Crippen molar-refractivity contribution in [2.75, 3.05) is 0 Å². The van der Waals surface area contributed by atoms with Crippen molar-refractivity contribution in [1.82, 2.24) is 5.32 Å². The first kappa shape index (κ1) is 16.0. The van der Waals surface area contributed by atoms with Crippen LogP contribution in [0.1, 0.15) is 44.0 Å². The molecule has 1 atom stereocenters. The Morgan fingerprint density at radius 1 is 1.30 bits per heavy atom. The zero-order valence-electron chi connectivity index (χ0n) is 12.1. The topological polar surface area (TPSA) is 75.6 Å². The first-order chi connectivity index (χ1) is 9.38. The smallest absolute Gasteiger partial charge is 0.303 e. The molecule has 5 heteroatoms. The van der Waals surface area contributed by atoms with E-state index in [1.807, 2.05) is 13.8 Å². The van der Waals surface area contributed by atoms with E-state index in [4.69, 9.17) is 9.84 Å². The van der Waals surface area contributed by atoms with Crippen LogP contribution in [0.4, 0.5) is 0 Å². The molecule has 5 nitrogen and oxygen atoms in total. The normalized spacial score (nSPS) is 12.0. The number of rotatable bonds is 7. The third kappa shape index (κ3) is 5.73. The molecule has 1 aromatic rings. The fraction of sp³-hybridized carbons (Fsp3) is 0.467. The van der Waals surface area contributed by atoms with Gasteiger partial charge in [-0.05, 0) is 45.4 Å². The van der Waals surface area contributed by atoms with Crippen LogP contribution in [0.5, 0.6) is 5.75 Å². The van der Waals surface area contributed by atoms with Gasteiger partial charge < -0.3 is 15.2 Å². The van der Waals surface area contributed by atoms with Gasteiger partial charge in [-0.3, -0.25) is 9.59 Å². The summed E-state index contributed by atoms with van der Waals surface area (Å²) in [5.74, 6) is -0.443. The Morgan fingerprint density at radius 2 is 2.00 bits per heavy atom. The van der Waals surface area contributed by atoms with Gasteiger partial charge >= 0.3 is 5.97 Å². The minimum atomic E-state index is -0.863. The van der Waals surface area contributed by atoms with Crippen LogP contribution in [0.15, 0.2) is 24.3 Å². The molecule has 0 aliphatic rings. The predicted molar refractivity (Wildman–Crippen MR) is 76.0 cm³/mol. The molecule has 0 saturated heterocycles. The number of hydrogen-bond acceptors (Lipinski definition) is 3. The summed E-state index contributed by atoms with van der Waals surface area (Å²) in [5.41, 5.74) is 0.505. The molecule has 0 aromatic heterocycles. The summed E-state index contributed by atoms with van der Waals surface area (Å²) >= 11 is 0. The number of carbonyl (C=O) groups excluding carboxylic acids is 1. The molecule has 0 aliphatic carbocycles. The first-order valence-electron chi connectivity index (χ1n) is 6.68. The number of amides is 1. The molecule has 2 N–H and O–H groups in total. The zero-order valence-corrected chi connectivity index (χ0v) is 12.1. The van der Waals surface area contributed by atoms with Gasteiger partial charge in [-0.25, -0.2) is 0 Å². The lowest BCUT2D eigenvalue weighted by atomic mass is 10.1. The van der Waals surface area contributed by atoms with E-state index in [2.05, 4.69) is 5.32 Å². The Labute approximate surface area is 118 Å². The number of ether oxygens (including phenoxy) is 1. The molecule has 0 spiro atoms. The lowest BCUT2D eigenvalue weighted by Crippen LogP contribution is -2.32. The molecule has 20 heavy (non-hydrogen) atoms. The first-order valence-corrected chi connectivity index (χ1v) is 6.68. The minimum absolute atomic E-state index is 0.0396. The van der Waals surface area contributed by atoms with E-state index in [-0.39, 0.29) is 24.5 Å². The molecule has 0 saturated carbocycles. The number of carboxylic acid groups (broad SMARTS) is 1. The largest absolute Gasteiger partial charge is 0.491 e. The second kappa shape index (κ2) is 7.53. The highest BCUT2D eigenvalue weighted by molar-refractivity contribution is 5.94. The van der Waals surface area contributed by atoms with E-state index in [1.165, 1.54) is 0 Å². The van der Waals surface area contributed by atoms with E-state index >= 15 is 0 Å². The summed E-state index contributed by atoms with van der Waals surface area (Å²) in [6, 6.07) is 6.75. The van der Waals surface area contributed by atoms with E-state index in [1.54, 1.807) is 31.2 Å². The fourth-order valence-electron chi connectivity index (χ4n) is 1.70. The highest BCUT2D eigenvalue weighted by Gasteiger charge is 2.12. The molecule has 0 heterocycles. The number of carbonyl (C=O) groups is 2. The molecule has 1 unspecified atom stereocenters. The van der Waals surface area contributed by atoms with Crippen molar-refractivity contribution in [1.29, 1.82) is 0 Å². The Balaban J connectivity index is 2.60. The van der Waals surface area contributed by atoms with Crippen LogP contribution < -0.4 is 10.1 Å². The van der Waals surface area contributed by atoms with Gasteiger partial charge in [-0.15, -0.1) is 0 Å². The van der Waals surface area contributed by atoms with Crippen molar-refractivity contribution in [3.63, 3.8) is 0 Å². The van der Waals surface area contributed by atoms with Crippen LogP contribution in [0.25, 0.3) is 0 Å². The highest BCUT2D eigenvalue weighted by Crippen LogP contribution is 2.15. The fourth-order valence-corrected chi connectivity index (χ4v) is 1.70. The monoisotopic (exact) mass is 279 g/mol. The molecule has 1 amide bonds. The van der Waals surface area contributed by atoms with E-state index in [0.717, 1.165) is 0 Å². The van der Waals surface area contributed by atoms with Crippen molar-refractivity contribution in [2.24, 2.45) is 0 Å². The summed E-state index contributed by atoms with van der Waals surface area (Å²) < 4.78 is 5.53. The molecule has 0 fully saturated rings. The number of aliphatic carboxylic acids is 1. The third-order valence-corrected chi connectivity index (χ3v) is 2.64. The summed E-state index contributed by atoms with van der Waals surface area (Å²) in [6.07, 6.45) is 0.490. The maximum Gasteiger partial charge on any atom is 0.303 e. The second-order valence-electron chi connectivity index (χ2n) is 5.00. The maximum atomic E-state index is 12.0. The maximum absolute atomic E-state index is 12.0. The zero-order chi connectivity index (χ0) is 15.1. The van der Waals surface area contributed by atoms with Gasteiger partial charge in [-0.2, -0.15) is 0 Å². The summed E-state index contributed by atoms with van der Waals surface area (Å²) in [7, 11) is 0. The molecular formula is C15H21NO4. The van der Waals surface area contributed by atoms with Gasteiger partial charge in [0.25, 0.3) is 5.91 Å². The molecule has 1 rings (SSSR count). The highest BCUT2D eigenvalue weighted by atomic mass is 16.5. The van der Waals surface area contributed by atoms with E-state index in [9.17, 15) is 9.59 Å². The molecule has 0 radical (unpaired) electrons. The Bertz CT molecular complexity index is 471. The average Bonchev–Trinajstić information content (AvgIpc) is 2.36. The summed E-state index contributed by atoms with van der Waals surface area (Å²) in [6.45, 7) is 5.62. The molecule has 1 aromatic carbocycles. The standard InChI is InChI=1S/C15H21NO4/c1-10(2)20-13-6-4-5-12(9-13)15(19)16-11(3)7-8-14(17)18/h4-6,9-11H,7-8H2,1-3H3,(H,16,19)(H,17,18). The number of carboxylic acids is 1. The van der Waals surface area contributed by atoms with Gasteiger partial charge in [0.15, 0.2) is 0 Å². The molecule has 0 bridgehead atoms. The van der Waals surface area contributed by atoms with Crippen LogP contribution in [0.3, 0.4) is 0 Å². The van der Waals surface area contributed by atoms with Crippen LogP contribution in [-0.2, 0) is 4.79 Å². The van der Waals surface area contributed by atoms with E-state index < -0.39 is 5.97 Å². The lowest BCUT2D eigenvalue weighted by molar-refractivity contribution is -0.137. The van der Waals surface area contributed by atoms with Gasteiger partial charge in [0, 0.05) is 18.0 Å². The summed E-state index contributed by atoms with van der Waals surface area (Å²) in [5, 5.41) is 11.4. The predicted octanol–water partition coefficient (Wildman–Crippen LogP) is 2.46. The van der Waals surface area contributed by atoms with Gasteiger partial charge in [0.1, 0.15) is 5.75 Å². The SMILES string of the molecule is CC(CCC(=O)O)NC(=O)c1cccc(OC(C)C)c1. The number of hydrogen-bond donors (Lipinski definition) is 2. The third-order valence-electron chi connectivity index (χ3n) is 2.64. The van der Waals surface area contributed by atoms with E-state index in [0.29, 0.717) is 17.7 Å². The Kier molecular flexibility index (Phi) is 6.03. The van der Waals surface area contributed by atoms with Gasteiger partial charge in [0.05, 0.1) is 6.10 Å². The van der Waals surface area contributed by atoms with Gasteiger partial charge in [-0.1, -0.05) is 6.07 Å². The lowest BCUT2D eigenvalue weighted by Gasteiger charge is -2.14.